The number of carbonyl (C=O) groups is 1. The summed E-state index contributed by atoms with van der Waals surface area (Å²) >= 11 is 0. The summed E-state index contributed by atoms with van der Waals surface area (Å²) in [6, 6.07) is 8.91. The first-order chi connectivity index (χ1) is 9.15. The van der Waals surface area contributed by atoms with Gasteiger partial charge in [-0.05, 0) is 19.1 Å². The second-order valence-electron chi connectivity index (χ2n) is 4.44. The first-order valence-electron chi connectivity index (χ1n) is 6.60. The molecule has 1 aromatic rings. The van der Waals surface area contributed by atoms with Crippen LogP contribution in [0.15, 0.2) is 30.3 Å². The molecule has 0 fully saturated rings. The van der Waals surface area contributed by atoms with Gasteiger partial charge >= 0.3 is 5.97 Å². The van der Waals surface area contributed by atoms with Gasteiger partial charge < -0.3 is 14.2 Å². The van der Waals surface area contributed by atoms with Crippen molar-refractivity contribution < 1.29 is 19.0 Å². The summed E-state index contributed by atoms with van der Waals surface area (Å²) < 4.78 is 16.1. The highest BCUT2D eigenvalue weighted by atomic mass is 16.7. The fraction of sp³-hybridized carbons (Fsp3) is 0.533. The zero-order valence-corrected chi connectivity index (χ0v) is 11.8. The molecule has 106 valence electrons. The molecule has 1 rings (SSSR count). The number of ether oxygens (including phenoxy) is 3. The van der Waals surface area contributed by atoms with Crippen molar-refractivity contribution in [1.82, 2.24) is 0 Å². The minimum absolute atomic E-state index is 0.226. The fourth-order valence-corrected chi connectivity index (χ4v) is 1.55. The van der Waals surface area contributed by atoms with E-state index in [1.54, 1.807) is 24.3 Å². The second-order valence-corrected chi connectivity index (χ2v) is 4.44. The van der Waals surface area contributed by atoms with Crippen LogP contribution in [0.4, 0.5) is 0 Å². The number of carbonyl (C=O) groups excluding carboxylic acids is 1. The molecule has 4 heteroatoms. The van der Waals surface area contributed by atoms with Gasteiger partial charge in [0.2, 0.25) is 0 Å². The molecular weight excluding hydrogens is 244 g/mol. The first kappa shape index (κ1) is 15.7. The normalized spacial score (nSPS) is 12.4. The van der Waals surface area contributed by atoms with Gasteiger partial charge in [0.25, 0.3) is 0 Å². The summed E-state index contributed by atoms with van der Waals surface area (Å²) in [7, 11) is 0. The third-order valence-corrected chi connectivity index (χ3v) is 2.48. The number of esters is 1. The molecule has 1 unspecified atom stereocenters. The highest BCUT2D eigenvalue weighted by Gasteiger charge is 2.13. The zero-order chi connectivity index (χ0) is 14.1. The topological polar surface area (TPSA) is 44.8 Å². The second kappa shape index (κ2) is 8.67. The predicted octanol–water partition coefficient (Wildman–Crippen LogP) is 2.88. The van der Waals surface area contributed by atoms with Crippen LogP contribution in [-0.2, 0) is 14.2 Å². The lowest BCUT2D eigenvalue weighted by Crippen LogP contribution is -2.25. The van der Waals surface area contributed by atoms with E-state index in [-0.39, 0.29) is 24.8 Å². The Morgan fingerprint density at radius 1 is 1.11 bits per heavy atom. The Hall–Kier alpha value is -1.39. The fourth-order valence-electron chi connectivity index (χ4n) is 1.55. The van der Waals surface area contributed by atoms with E-state index in [1.165, 1.54) is 0 Å². The van der Waals surface area contributed by atoms with Crippen LogP contribution in [0, 0.1) is 5.92 Å². The Labute approximate surface area is 114 Å². The number of benzene rings is 1. The van der Waals surface area contributed by atoms with Crippen molar-refractivity contribution in [3.05, 3.63) is 35.9 Å². The van der Waals surface area contributed by atoms with E-state index in [2.05, 4.69) is 0 Å². The van der Waals surface area contributed by atoms with Crippen molar-refractivity contribution in [2.75, 3.05) is 19.8 Å². The van der Waals surface area contributed by atoms with Crippen molar-refractivity contribution in [2.24, 2.45) is 5.92 Å². The van der Waals surface area contributed by atoms with Gasteiger partial charge in [-0.3, -0.25) is 0 Å². The van der Waals surface area contributed by atoms with Gasteiger partial charge in [0.15, 0.2) is 6.29 Å². The maximum absolute atomic E-state index is 11.6. The van der Waals surface area contributed by atoms with Crippen LogP contribution < -0.4 is 0 Å². The molecule has 0 aliphatic carbocycles. The molecule has 0 aromatic heterocycles. The molecule has 0 saturated carbocycles. The van der Waals surface area contributed by atoms with E-state index in [4.69, 9.17) is 14.2 Å². The third-order valence-electron chi connectivity index (χ3n) is 2.48. The van der Waals surface area contributed by atoms with E-state index < -0.39 is 0 Å². The van der Waals surface area contributed by atoms with Crippen molar-refractivity contribution in [2.45, 2.75) is 27.1 Å². The van der Waals surface area contributed by atoms with Crippen molar-refractivity contribution >= 4 is 5.97 Å². The lowest BCUT2D eigenvalue weighted by molar-refractivity contribution is -0.167. The number of rotatable bonds is 8. The monoisotopic (exact) mass is 266 g/mol. The quantitative estimate of drug-likeness (QED) is 0.412. The average molecular weight is 266 g/mol. The predicted molar refractivity (Wildman–Crippen MR) is 72.9 cm³/mol. The van der Waals surface area contributed by atoms with Crippen LogP contribution in [-0.4, -0.2) is 32.1 Å². The molecule has 0 bridgehead atoms. The third kappa shape index (κ3) is 5.85. The first-order valence-corrected chi connectivity index (χ1v) is 6.60. The van der Waals surface area contributed by atoms with E-state index >= 15 is 0 Å². The van der Waals surface area contributed by atoms with Gasteiger partial charge in [-0.25, -0.2) is 4.79 Å². The Bertz CT molecular complexity index is 362. The van der Waals surface area contributed by atoms with Crippen LogP contribution in [0.1, 0.15) is 31.1 Å². The molecule has 19 heavy (non-hydrogen) atoms. The Morgan fingerprint density at radius 2 is 1.79 bits per heavy atom. The maximum Gasteiger partial charge on any atom is 0.338 e. The molecule has 0 N–H and O–H groups in total. The largest absolute Gasteiger partial charge is 0.460 e. The Morgan fingerprint density at radius 3 is 2.37 bits per heavy atom. The molecule has 0 saturated heterocycles. The van der Waals surface area contributed by atoms with Crippen LogP contribution >= 0.6 is 0 Å². The summed E-state index contributed by atoms with van der Waals surface area (Å²) in [5.74, 6) is -0.0634. The van der Waals surface area contributed by atoms with Gasteiger partial charge in [0, 0.05) is 12.5 Å². The molecule has 0 spiro atoms. The van der Waals surface area contributed by atoms with E-state index in [9.17, 15) is 4.79 Å². The molecule has 0 aliphatic heterocycles. The summed E-state index contributed by atoms with van der Waals surface area (Å²) in [6.07, 6.45) is -0.250. The lowest BCUT2D eigenvalue weighted by Gasteiger charge is -2.21. The zero-order valence-electron chi connectivity index (χ0n) is 11.8. The molecule has 0 heterocycles. The standard InChI is InChI=1S/C15H22O4/c1-4-17-15(12(2)3)19-11-10-18-14(16)13-8-6-5-7-9-13/h5-9,12,15H,4,10-11H2,1-3H3. The summed E-state index contributed by atoms with van der Waals surface area (Å²) in [6.45, 7) is 7.14. The minimum atomic E-state index is -0.332. The van der Waals surface area contributed by atoms with Gasteiger partial charge in [0.05, 0.1) is 12.2 Å². The lowest BCUT2D eigenvalue weighted by atomic mass is 10.2. The number of hydrogen-bond donors (Lipinski definition) is 0. The summed E-state index contributed by atoms with van der Waals surface area (Å²) in [4.78, 5) is 11.6. The van der Waals surface area contributed by atoms with E-state index in [0.29, 0.717) is 18.8 Å². The number of hydrogen-bond acceptors (Lipinski definition) is 4. The van der Waals surface area contributed by atoms with Crippen molar-refractivity contribution in [1.29, 1.82) is 0 Å². The molecular formula is C15H22O4. The van der Waals surface area contributed by atoms with Gasteiger partial charge in [-0.15, -0.1) is 0 Å². The van der Waals surface area contributed by atoms with Gasteiger partial charge in [0.1, 0.15) is 6.61 Å². The molecule has 0 aliphatic rings. The molecule has 1 aromatic carbocycles. The summed E-state index contributed by atoms with van der Waals surface area (Å²) in [5, 5.41) is 0. The van der Waals surface area contributed by atoms with E-state index in [0.717, 1.165) is 0 Å². The van der Waals surface area contributed by atoms with Crippen molar-refractivity contribution in [3.63, 3.8) is 0 Å². The Balaban J connectivity index is 2.25. The molecule has 1 atom stereocenters. The highest BCUT2D eigenvalue weighted by Crippen LogP contribution is 2.08. The minimum Gasteiger partial charge on any atom is -0.460 e. The van der Waals surface area contributed by atoms with Crippen LogP contribution in [0.25, 0.3) is 0 Å². The Kier molecular flexibility index (Phi) is 7.15. The molecule has 0 radical (unpaired) electrons. The smallest absolute Gasteiger partial charge is 0.338 e. The highest BCUT2D eigenvalue weighted by molar-refractivity contribution is 5.89. The van der Waals surface area contributed by atoms with Gasteiger partial charge in [-0.2, -0.15) is 0 Å². The van der Waals surface area contributed by atoms with E-state index in [1.807, 2.05) is 26.8 Å². The van der Waals surface area contributed by atoms with Crippen LogP contribution in [0.3, 0.4) is 0 Å². The molecule has 0 amide bonds. The summed E-state index contributed by atoms with van der Waals surface area (Å²) in [5.41, 5.74) is 0.549. The van der Waals surface area contributed by atoms with Gasteiger partial charge in [-0.1, -0.05) is 32.0 Å². The SMILES string of the molecule is CCOC(OCCOC(=O)c1ccccc1)C(C)C. The maximum atomic E-state index is 11.6. The van der Waals surface area contributed by atoms with Crippen LogP contribution in [0.2, 0.25) is 0 Å². The molecule has 4 nitrogen and oxygen atoms in total. The van der Waals surface area contributed by atoms with Crippen molar-refractivity contribution in [3.8, 4) is 0 Å². The average Bonchev–Trinajstić information content (AvgIpc) is 2.42. The van der Waals surface area contributed by atoms with Crippen LogP contribution in [0.5, 0.6) is 0 Å².